The standard InChI is InChI=1S/C14H22ClN5O3/c1-10-8-22-6-3-19(10)13-16-12(15)17-14(18-13)20-4-7-23-9-11(20)2-5-21/h10-11,21H,2-9H2,1H3/t10-,11-/m1/s1. The zero-order valence-electron chi connectivity index (χ0n) is 13.2. The van der Waals surface area contributed by atoms with Gasteiger partial charge in [0.25, 0.3) is 0 Å². The zero-order chi connectivity index (χ0) is 16.2. The van der Waals surface area contributed by atoms with Crippen LogP contribution in [0.15, 0.2) is 0 Å². The second-order valence-electron chi connectivity index (χ2n) is 5.76. The molecule has 0 amide bonds. The number of halogens is 1. The van der Waals surface area contributed by atoms with Gasteiger partial charge in [0.2, 0.25) is 17.2 Å². The van der Waals surface area contributed by atoms with Gasteiger partial charge in [-0.25, -0.2) is 0 Å². The topological polar surface area (TPSA) is 83.8 Å². The highest BCUT2D eigenvalue weighted by Gasteiger charge is 2.28. The van der Waals surface area contributed by atoms with Gasteiger partial charge in [0, 0.05) is 19.7 Å². The lowest BCUT2D eigenvalue weighted by Gasteiger charge is -2.37. The predicted octanol–water partition coefficient (Wildman–Crippen LogP) is 0.338. The van der Waals surface area contributed by atoms with Crippen molar-refractivity contribution in [3.8, 4) is 0 Å². The molecule has 9 heteroatoms. The van der Waals surface area contributed by atoms with Crippen LogP contribution in [0, 0.1) is 0 Å². The summed E-state index contributed by atoms with van der Waals surface area (Å²) in [6, 6.07) is 0.232. The second kappa shape index (κ2) is 7.57. The summed E-state index contributed by atoms with van der Waals surface area (Å²) in [6.07, 6.45) is 0.604. The van der Waals surface area contributed by atoms with E-state index in [1.807, 2.05) is 4.90 Å². The normalized spacial score (nSPS) is 25.7. The summed E-state index contributed by atoms with van der Waals surface area (Å²) in [5, 5.41) is 9.43. The van der Waals surface area contributed by atoms with E-state index >= 15 is 0 Å². The van der Waals surface area contributed by atoms with E-state index in [2.05, 4.69) is 26.8 Å². The molecule has 0 saturated carbocycles. The number of anilines is 2. The molecular weight excluding hydrogens is 322 g/mol. The first-order chi connectivity index (χ1) is 11.2. The first-order valence-electron chi connectivity index (χ1n) is 7.90. The number of nitrogens with zero attached hydrogens (tertiary/aromatic N) is 5. The van der Waals surface area contributed by atoms with Crippen LogP contribution in [0.4, 0.5) is 11.9 Å². The van der Waals surface area contributed by atoms with Crippen molar-refractivity contribution in [1.82, 2.24) is 15.0 Å². The van der Waals surface area contributed by atoms with E-state index in [4.69, 9.17) is 21.1 Å². The van der Waals surface area contributed by atoms with E-state index in [1.165, 1.54) is 0 Å². The maximum Gasteiger partial charge on any atom is 0.231 e. The molecule has 2 saturated heterocycles. The van der Waals surface area contributed by atoms with Gasteiger partial charge in [-0.3, -0.25) is 0 Å². The fourth-order valence-corrected chi connectivity index (χ4v) is 3.07. The Morgan fingerprint density at radius 1 is 1.09 bits per heavy atom. The van der Waals surface area contributed by atoms with Crippen LogP contribution < -0.4 is 9.80 Å². The Morgan fingerprint density at radius 3 is 2.43 bits per heavy atom. The molecule has 1 N–H and O–H groups in total. The molecule has 0 bridgehead atoms. The summed E-state index contributed by atoms with van der Waals surface area (Å²) >= 11 is 6.13. The molecule has 2 aliphatic rings. The van der Waals surface area contributed by atoms with Gasteiger partial charge in [0.15, 0.2) is 0 Å². The van der Waals surface area contributed by atoms with Crippen molar-refractivity contribution < 1.29 is 14.6 Å². The fraction of sp³-hybridized carbons (Fsp3) is 0.786. The number of aliphatic hydroxyl groups is 1. The Kier molecular flexibility index (Phi) is 5.47. The highest BCUT2D eigenvalue weighted by Crippen LogP contribution is 2.23. The quantitative estimate of drug-likeness (QED) is 0.837. The first kappa shape index (κ1) is 16.6. The molecule has 0 aliphatic carbocycles. The Hall–Kier alpha value is -1.22. The van der Waals surface area contributed by atoms with Crippen LogP contribution >= 0.6 is 11.6 Å². The number of morpholine rings is 2. The van der Waals surface area contributed by atoms with Gasteiger partial charge in [-0.15, -0.1) is 0 Å². The lowest BCUT2D eigenvalue weighted by Crippen LogP contribution is -2.48. The molecule has 0 radical (unpaired) electrons. The summed E-state index contributed by atoms with van der Waals surface area (Å²) < 4.78 is 11.0. The maximum absolute atomic E-state index is 9.25. The van der Waals surface area contributed by atoms with Crippen LogP contribution in [-0.4, -0.2) is 78.3 Å². The van der Waals surface area contributed by atoms with Crippen LogP contribution in [0.25, 0.3) is 0 Å². The van der Waals surface area contributed by atoms with Gasteiger partial charge in [-0.2, -0.15) is 15.0 Å². The van der Waals surface area contributed by atoms with Crippen molar-refractivity contribution in [2.45, 2.75) is 25.4 Å². The Labute approximate surface area is 140 Å². The molecule has 0 unspecified atom stereocenters. The lowest BCUT2D eigenvalue weighted by molar-refractivity contribution is 0.0840. The zero-order valence-corrected chi connectivity index (χ0v) is 13.9. The number of rotatable bonds is 4. The molecule has 3 rings (SSSR count). The Bertz CT molecular complexity index is 533. The third-order valence-corrected chi connectivity index (χ3v) is 4.32. The second-order valence-corrected chi connectivity index (χ2v) is 6.09. The van der Waals surface area contributed by atoms with Gasteiger partial charge >= 0.3 is 0 Å². The monoisotopic (exact) mass is 343 g/mol. The van der Waals surface area contributed by atoms with Crippen LogP contribution in [0.3, 0.4) is 0 Å². The number of hydrogen-bond donors (Lipinski definition) is 1. The summed E-state index contributed by atoms with van der Waals surface area (Å²) in [4.78, 5) is 17.3. The van der Waals surface area contributed by atoms with Crippen molar-refractivity contribution >= 4 is 23.5 Å². The van der Waals surface area contributed by atoms with E-state index < -0.39 is 0 Å². The van der Waals surface area contributed by atoms with E-state index in [0.717, 1.165) is 6.54 Å². The number of aliphatic hydroxyl groups excluding tert-OH is 1. The smallest absolute Gasteiger partial charge is 0.231 e. The predicted molar refractivity (Wildman–Crippen MR) is 86.1 cm³/mol. The van der Waals surface area contributed by atoms with E-state index in [-0.39, 0.29) is 24.0 Å². The minimum absolute atomic E-state index is 0.0437. The maximum atomic E-state index is 9.25. The minimum atomic E-state index is 0.0437. The number of hydrogen-bond acceptors (Lipinski definition) is 8. The molecule has 2 fully saturated rings. The van der Waals surface area contributed by atoms with Crippen LogP contribution in [0.5, 0.6) is 0 Å². The summed E-state index contributed by atoms with van der Waals surface area (Å²) in [5.74, 6) is 1.12. The first-order valence-corrected chi connectivity index (χ1v) is 8.28. The van der Waals surface area contributed by atoms with Gasteiger partial charge in [0.05, 0.1) is 38.5 Å². The molecular formula is C14H22ClN5O3. The SMILES string of the molecule is C[C@@H]1COCCN1c1nc(Cl)nc(N2CCOC[C@H]2CCO)n1. The van der Waals surface area contributed by atoms with Crippen LogP contribution in [0.2, 0.25) is 5.28 Å². The third-order valence-electron chi connectivity index (χ3n) is 4.16. The van der Waals surface area contributed by atoms with Crippen LogP contribution in [-0.2, 0) is 9.47 Å². The van der Waals surface area contributed by atoms with Gasteiger partial charge in [-0.1, -0.05) is 0 Å². The molecule has 0 spiro atoms. The molecule has 0 aromatic carbocycles. The largest absolute Gasteiger partial charge is 0.396 e. The number of ether oxygens (including phenoxy) is 2. The van der Waals surface area contributed by atoms with Crippen LogP contribution in [0.1, 0.15) is 13.3 Å². The molecule has 1 aromatic heterocycles. The minimum Gasteiger partial charge on any atom is -0.396 e. The molecule has 128 valence electrons. The van der Waals surface area contributed by atoms with E-state index in [1.54, 1.807) is 0 Å². The fourth-order valence-electron chi connectivity index (χ4n) is 2.92. The number of aromatic nitrogens is 3. The highest BCUT2D eigenvalue weighted by molar-refractivity contribution is 6.28. The molecule has 2 aliphatic heterocycles. The van der Waals surface area contributed by atoms with Crippen molar-refractivity contribution in [2.24, 2.45) is 0 Å². The Morgan fingerprint density at radius 2 is 1.74 bits per heavy atom. The molecule has 23 heavy (non-hydrogen) atoms. The average Bonchev–Trinajstić information content (AvgIpc) is 2.55. The summed E-state index contributed by atoms with van der Waals surface area (Å²) in [6.45, 7) is 6.00. The molecule has 8 nitrogen and oxygen atoms in total. The molecule has 1 aromatic rings. The highest BCUT2D eigenvalue weighted by atomic mass is 35.5. The van der Waals surface area contributed by atoms with Crippen molar-refractivity contribution in [3.63, 3.8) is 0 Å². The molecule has 3 heterocycles. The molecule has 2 atom stereocenters. The summed E-state index contributed by atoms with van der Waals surface area (Å²) in [7, 11) is 0. The van der Waals surface area contributed by atoms with Gasteiger partial charge in [-0.05, 0) is 24.9 Å². The van der Waals surface area contributed by atoms with Crippen molar-refractivity contribution in [3.05, 3.63) is 5.28 Å². The summed E-state index contributed by atoms with van der Waals surface area (Å²) in [5.41, 5.74) is 0. The van der Waals surface area contributed by atoms with E-state index in [9.17, 15) is 5.11 Å². The van der Waals surface area contributed by atoms with Crippen molar-refractivity contribution in [2.75, 3.05) is 55.9 Å². The van der Waals surface area contributed by atoms with E-state index in [0.29, 0.717) is 51.3 Å². The van der Waals surface area contributed by atoms with Crippen molar-refractivity contribution in [1.29, 1.82) is 0 Å². The van der Waals surface area contributed by atoms with Gasteiger partial charge in [0.1, 0.15) is 0 Å². The lowest BCUT2D eigenvalue weighted by atomic mass is 10.2. The third kappa shape index (κ3) is 3.82. The van der Waals surface area contributed by atoms with Gasteiger partial charge < -0.3 is 24.4 Å². The average molecular weight is 344 g/mol. The Balaban J connectivity index is 1.87.